The number of hydrogen-bond donors (Lipinski definition) is 1. The Kier molecular flexibility index (Phi) is 4.75. The van der Waals surface area contributed by atoms with Crippen molar-refractivity contribution in [1.29, 1.82) is 0 Å². The number of halogens is 3. The fourth-order valence-electron chi connectivity index (χ4n) is 5.01. The van der Waals surface area contributed by atoms with Gasteiger partial charge >= 0.3 is 6.18 Å². The number of nitrogens with one attached hydrogen (secondary N) is 1. The van der Waals surface area contributed by atoms with Gasteiger partial charge in [0.1, 0.15) is 5.84 Å². The molecule has 4 rings (SSSR count). The van der Waals surface area contributed by atoms with Crippen LogP contribution in [0.25, 0.3) is 0 Å². The zero-order valence-corrected chi connectivity index (χ0v) is 17.8. The van der Waals surface area contributed by atoms with Gasteiger partial charge in [0.2, 0.25) is 0 Å². The van der Waals surface area contributed by atoms with Crippen LogP contribution in [0.4, 0.5) is 13.2 Å². The van der Waals surface area contributed by atoms with Gasteiger partial charge in [-0.25, -0.2) is 0 Å². The lowest BCUT2D eigenvalue weighted by atomic mass is 9.60. The number of hydrogen-bond acceptors (Lipinski definition) is 3. The molecule has 0 amide bonds. The summed E-state index contributed by atoms with van der Waals surface area (Å²) >= 11 is 0. The van der Waals surface area contributed by atoms with E-state index in [2.05, 4.69) is 18.3 Å². The molecule has 1 N–H and O–H groups in total. The smallest absolute Gasteiger partial charge is 0.343 e. The highest BCUT2D eigenvalue weighted by Crippen LogP contribution is 2.51. The van der Waals surface area contributed by atoms with Gasteiger partial charge in [0.05, 0.1) is 11.0 Å². The second kappa shape index (κ2) is 6.82. The van der Waals surface area contributed by atoms with Crippen molar-refractivity contribution < 1.29 is 18.0 Å². The van der Waals surface area contributed by atoms with Crippen LogP contribution in [0, 0.1) is 11.3 Å². The topological polar surface area (TPSA) is 41.5 Å². The maximum absolute atomic E-state index is 13.5. The highest BCUT2D eigenvalue weighted by atomic mass is 19.4. The van der Waals surface area contributed by atoms with E-state index < -0.39 is 17.2 Å². The van der Waals surface area contributed by atoms with Crippen LogP contribution in [0.5, 0.6) is 0 Å². The van der Waals surface area contributed by atoms with Crippen molar-refractivity contribution >= 4 is 11.6 Å². The van der Waals surface area contributed by atoms with Gasteiger partial charge < -0.3 is 5.32 Å². The first-order valence-electron chi connectivity index (χ1n) is 10.4. The van der Waals surface area contributed by atoms with E-state index in [9.17, 15) is 18.0 Å². The Balaban J connectivity index is 1.98. The maximum Gasteiger partial charge on any atom is 0.416 e. The first kappa shape index (κ1) is 20.9. The zero-order valence-electron chi connectivity index (χ0n) is 17.8. The Labute approximate surface area is 175 Å². The van der Waals surface area contributed by atoms with Crippen LogP contribution in [0.3, 0.4) is 0 Å². The molecule has 0 saturated carbocycles. The number of amidine groups is 1. The largest absolute Gasteiger partial charge is 0.416 e. The van der Waals surface area contributed by atoms with E-state index in [1.807, 2.05) is 20.8 Å². The standard InChI is InChI=1S/C24H27F3N2O/c1-5-14-9-17-21(28-13-14)29-18-11-22(2,3)12-19(30)20(18)23(17,4)15-7-6-8-16(10-15)24(25,26)27/h6-10,14H,5,11-13H2,1-4H3,(H,28,29). The summed E-state index contributed by atoms with van der Waals surface area (Å²) in [6.07, 6.45) is -0.428. The SMILES string of the molecule is CCC1C=C2C(=NC1)NC1=C(C(=O)CC(C)(C)C1)C2(C)c1cccc(C(F)(F)F)c1. The van der Waals surface area contributed by atoms with Gasteiger partial charge in [0.25, 0.3) is 0 Å². The highest BCUT2D eigenvalue weighted by molar-refractivity contribution is 6.11. The summed E-state index contributed by atoms with van der Waals surface area (Å²) in [6, 6.07) is 5.40. The minimum absolute atomic E-state index is 0.00719. The number of benzene rings is 1. The highest BCUT2D eigenvalue weighted by Gasteiger charge is 2.50. The molecule has 30 heavy (non-hydrogen) atoms. The number of alkyl halides is 3. The molecular formula is C24H27F3N2O. The Bertz CT molecular complexity index is 1000. The third kappa shape index (κ3) is 3.30. The molecule has 2 heterocycles. The van der Waals surface area contributed by atoms with E-state index >= 15 is 0 Å². The van der Waals surface area contributed by atoms with Crippen molar-refractivity contribution in [2.24, 2.45) is 16.3 Å². The molecule has 3 nitrogen and oxygen atoms in total. The molecule has 0 aromatic heterocycles. The maximum atomic E-state index is 13.5. The molecule has 3 aliphatic rings. The van der Waals surface area contributed by atoms with Crippen molar-refractivity contribution in [3.8, 4) is 0 Å². The van der Waals surface area contributed by atoms with Crippen LogP contribution < -0.4 is 5.32 Å². The van der Waals surface area contributed by atoms with Crippen LogP contribution >= 0.6 is 0 Å². The molecule has 160 valence electrons. The minimum Gasteiger partial charge on any atom is -0.343 e. The summed E-state index contributed by atoms with van der Waals surface area (Å²) < 4.78 is 40.5. The summed E-state index contributed by atoms with van der Waals surface area (Å²) in [5, 5.41) is 3.38. The van der Waals surface area contributed by atoms with Gasteiger partial charge in [-0.05, 0) is 42.7 Å². The predicted octanol–water partition coefficient (Wildman–Crippen LogP) is 5.57. The zero-order chi connectivity index (χ0) is 21.9. The third-order valence-electron chi connectivity index (χ3n) is 6.62. The summed E-state index contributed by atoms with van der Waals surface area (Å²) in [6.45, 7) is 8.67. The molecule has 2 unspecified atom stereocenters. The molecule has 0 bridgehead atoms. The van der Waals surface area contributed by atoms with E-state index in [-0.39, 0.29) is 17.1 Å². The normalized spacial score (nSPS) is 28.2. The minimum atomic E-state index is -4.45. The molecule has 2 aliphatic heterocycles. The van der Waals surface area contributed by atoms with E-state index in [0.29, 0.717) is 36.4 Å². The van der Waals surface area contributed by atoms with Crippen LogP contribution in [0.2, 0.25) is 0 Å². The van der Waals surface area contributed by atoms with Gasteiger partial charge in [0, 0.05) is 29.8 Å². The molecular weight excluding hydrogens is 389 g/mol. The Morgan fingerprint density at radius 1 is 1.20 bits per heavy atom. The van der Waals surface area contributed by atoms with Crippen molar-refractivity contribution in [2.45, 2.75) is 58.5 Å². The summed E-state index contributed by atoms with van der Waals surface area (Å²) in [4.78, 5) is 18.1. The van der Waals surface area contributed by atoms with E-state index in [1.165, 1.54) is 12.1 Å². The fraction of sp³-hybridized carbons (Fsp3) is 0.500. The Morgan fingerprint density at radius 2 is 1.93 bits per heavy atom. The van der Waals surface area contributed by atoms with E-state index in [4.69, 9.17) is 4.99 Å². The Morgan fingerprint density at radius 3 is 2.60 bits per heavy atom. The quantitative estimate of drug-likeness (QED) is 0.684. The van der Waals surface area contributed by atoms with E-state index in [1.54, 1.807) is 6.07 Å². The first-order chi connectivity index (χ1) is 14.0. The number of dihydropyridines is 1. The lowest BCUT2D eigenvalue weighted by molar-refractivity contribution is -0.137. The molecule has 0 radical (unpaired) electrons. The fourth-order valence-corrected chi connectivity index (χ4v) is 5.01. The Hall–Kier alpha value is -2.37. The molecule has 1 aromatic rings. The van der Waals surface area contributed by atoms with Crippen LogP contribution in [0.1, 0.15) is 58.1 Å². The number of aliphatic imine (C=N–C) groups is 1. The monoisotopic (exact) mass is 416 g/mol. The second-order valence-electron chi connectivity index (χ2n) is 9.56. The van der Waals surface area contributed by atoms with Gasteiger partial charge in [-0.3, -0.25) is 9.79 Å². The lowest BCUT2D eigenvalue weighted by Crippen LogP contribution is -2.50. The molecule has 0 spiro atoms. The number of Topliss-reactive ketones (excluding diaryl/α,β-unsaturated/α-hetero) is 1. The summed E-state index contributed by atoms with van der Waals surface area (Å²) in [5.41, 5.74) is 0.793. The van der Waals surface area contributed by atoms with Crippen LogP contribution in [-0.4, -0.2) is 18.2 Å². The number of fused-ring (bicyclic) bond motifs is 1. The molecule has 0 saturated heterocycles. The van der Waals surface area contributed by atoms with E-state index in [0.717, 1.165) is 23.8 Å². The number of carbonyl (C=O) groups excluding carboxylic acids is 1. The summed E-state index contributed by atoms with van der Waals surface area (Å²) in [5.74, 6) is 0.879. The molecule has 0 fully saturated rings. The van der Waals surface area contributed by atoms with Gasteiger partial charge in [-0.15, -0.1) is 0 Å². The molecule has 2 atom stereocenters. The number of nitrogens with zero attached hydrogens (tertiary/aromatic N) is 1. The average Bonchev–Trinajstić information content (AvgIpc) is 2.66. The van der Waals surface area contributed by atoms with Crippen molar-refractivity contribution in [1.82, 2.24) is 5.32 Å². The lowest BCUT2D eigenvalue weighted by Gasteiger charge is -2.47. The number of ketones is 1. The number of allylic oxidation sites excluding steroid dienone is 2. The number of rotatable bonds is 2. The van der Waals surface area contributed by atoms with Crippen molar-refractivity contribution in [3.05, 3.63) is 58.3 Å². The van der Waals surface area contributed by atoms with Crippen molar-refractivity contribution in [3.63, 3.8) is 0 Å². The summed E-state index contributed by atoms with van der Waals surface area (Å²) in [7, 11) is 0. The third-order valence-corrected chi connectivity index (χ3v) is 6.62. The number of carbonyl (C=O) groups is 1. The van der Waals surface area contributed by atoms with Crippen molar-refractivity contribution in [2.75, 3.05) is 6.54 Å². The van der Waals surface area contributed by atoms with Gasteiger partial charge in [-0.1, -0.05) is 45.0 Å². The molecule has 1 aromatic carbocycles. The molecule has 6 heteroatoms. The predicted molar refractivity (Wildman–Crippen MR) is 111 cm³/mol. The second-order valence-corrected chi connectivity index (χ2v) is 9.56. The van der Waals surface area contributed by atoms with Crippen LogP contribution in [-0.2, 0) is 16.4 Å². The molecule has 1 aliphatic carbocycles. The average molecular weight is 416 g/mol. The van der Waals surface area contributed by atoms with Gasteiger partial charge in [0.15, 0.2) is 5.78 Å². The van der Waals surface area contributed by atoms with Crippen LogP contribution in [0.15, 0.2) is 52.2 Å². The van der Waals surface area contributed by atoms with Gasteiger partial charge in [-0.2, -0.15) is 13.2 Å². The first-order valence-corrected chi connectivity index (χ1v) is 10.4.